The molecular weight excluding hydrogens is 440 g/mol. The Bertz CT molecular complexity index is 930. The average molecular weight is 467 g/mol. The summed E-state index contributed by atoms with van der Waals surface area (Å²) in [5, 5.41) is 11.5. The molecule has 1 aliphatic rings. The molecule has 0 saturated carbocycles. The molecule has 6 nitrogen and oxygen atoms in total. The van der Waals surface area contributed by atoms with E-state index in [1.54, 1.807) is 0 Å². The molecule has 0 radical (unpaired) electrons. The van der Waals surface area contributed by atoms with Crippen molar-refractivity contribution in [2.24, 2.45) is 0 Å². The summed E-state index contributed by atoms with van der Waals surface area (Å²) in [5.41, 5.74) is 1.17. The van der Waals surface area contributed by atoms with Gasteiger partial charge in [-0.2, -0.15) is 0 Å². The molecule has 2 aromatic rings. The average Bonchev–Trinajstić information content (AvgIpc) is 3.17. The molecule has 0 bridgehead atoms. The molecule has 3 rings (SSSR count). The number of hydrogen-bond donors (Lipinski definition) is 1. The summed E-state index contributed by atoms with van der Waals surface area (Å²) >= 11 is 1.51. The van der Waals surface area contributed by atoms with Crippen molar-refractivity contribution in [3.8, 4) is 0 Å². The standard InChI is InChI=1S/C23H28NO5PS.Li/c25-22(17-30(28,29)14-8-7-11-18-9-3-1-4-10-18)24-16-20(15-21(24)23(26)27)31-19-12-5-2-6-13-19;/h1-6,9-10,12-13,20-21H,7-8,11,14-17H2,(H,26,27)(H,28,29);/q;+1/p-1/t20-,21-;/m0./s1. The minimum Gasteiger partial charge on any atom is -0.548 e. The summed E-state index contributed by atoms with van der Waals surface area (Å²) in [4.78, 5) is 36.8. The summed E-state index contributed by atoms with van der Waals surface area (Å²) < 4.78 is 12.6. The fourth-order valence-electron chi connectivity index (χ4n) is 3.79. The Morgan fingerprint density at radius 3 is 2.31 bits per heavy atom. The monoisotopic (exact) mass is 467 g/mol. The van der Waals surface area contributed by atoms with Crippen molar-refractivity contribution < 1.29 is 43.0 Å². The van der Waals surface area contributed by atoms with Gasteiger partial charge in [-0.25, -0.2) is 0 Å². The van der Waals surface area contributed by atoms with Crippen molar-refractivity contribution in [2.75, 3.05) is 18.9 Å². The zero-order valence-electron chi connectivity index (χ0n) is 18.3. The van der Waals surface area contributed by atoms with E-state index in [9.17, 15) is 24.2 Å². The summed E-state index contributed by atoms with van der Waals surface area (Å²) in [6, 6.07) is 18.4. The predicted octanol–water partition coefficient (Wildman–Crippen LogP) is -0.205. The van der Waals surface area contributed by atoms with Crippen molar-refractivity contribution in [2.45, 2.75) is 41.9 Å². The van der Waals surface area contributed by atoms with Crippen LogP contribution >= 0.6 is 19.1 Å². The first-order valence-electron chi connectivity index (χ1n) is 10.4. The Hall–Kier alpha value is -1.48. The van der Waals surface area contributed by atoms with Crippen LogP contribution in [0.5, 0.6) is 0 Å². The van der Waals surface area contributed by atoms with Gasteiger partial charge >= 0.3 is 18.9 Å². The number of carboxylic acids is 1. The topological polar surface area (TPSA) is 97.7 Å². The molecular formula is C23H27LiNO5PS. The van der Waals surface area contributed by atoms with Gasteiger partial charge < -0.3 is 19.7 Å². The number of amides is 1. The van der Waals surface area contributed by atoms with Gasteiger partial charge in [-0.05, 0) is 43.4 Å². The van der Waals surface area contributed by atoms with Gasteiger partial charge in [0, 0.05) is 22.9 Å². The van der Waals surface area contributed by atoms with Gasteiger partial charge in [0.05, 0.1) is 12.0 Å². The van der Waals surface area contributed by atoms with Crippen LogP contribution in [0, 0.1) is 0 Å². The molecule has 1 fully saturated rings. The number of likely N-dealkylation sites (tertiary alicyclic amines) is 1. The van der Waals surface area contributed by atoms with E-state index in [0.717, 1.165) is 17.7 Å². The van der Waals surface area contributed by atoms with E-state index in [0.29, 0.717) is 6.42 Å². The van der Waals surface area contributed by atoms with Crippen molar-refractivity contribution in [1.29, 1.82) is 0 Å². The van der Waals surface area contributed by atoms with E-state index in [4.69, 9.17) is 0 Å². The Labute approximate surface area is 205 Å². The third-order valence-electron chi connectivity index (χ3n) is 5.35. The zero-order valence-corrected chi connectivity index (χ0v) is 20.0. The number of rotatable bonds is 10. The second kappa shape index (κ2) is 12.7. The van der Waals surface area contributed by atoms with Crippen molar-refractivity contribution in [3.63, 3.8) is 0 Å². The molecule has 3 atom stereocenters. The maximum absolute atomic E-state index is 12.7. The van der Waals surface area contributed by atoms with Gasteiger partial charge in [0.1, 0.15) is 6.16 Å². The normalized spacial score (nSPS) is 19.7. The predicted molar refractivity (Wildman–Crippen MR) is 120 cm³/mol. The number of unbranched alkanes of at least 4 members (excludes halogenated alkanes) is 1. The zero-order chi connectivity index (χ0) is 22.3. The summed E-state index contributed by atoms with van der Waals surface area (Å²) in [7, 11) is -3.68. The van der Waals surface area contributed by atoms with Crippen LogP contribution in [0.3, 0.4) is 0 Å². The number of aryl methyl sites for hydroxylation is 1. The molecule has 0 aliphatic carbocycles. The third-order valence-corrected chi connectivity index (χ3v) is 8.35. The van der Waals surface area contributed by atoms with Gasteiger partial charge in [-0.3, -0.25) is 9.36 Å². The van der Waals surface area contributed by atoms with Crippen LogP contribution < -0.4 is 24.0 Å². The van der Waals surface area contributed by atoms with Crippen LogP contribution in [0.2, 0.25) is 0 Å². The molecule has 2 aromatic carbocycles. The fraction of sp³-hybridized carbons (Fsp3) is 0.391. The number of thioether (sulfide) groups is 1. The SMILES string of the molecule is O=C([O-])[C@@H]1C[C@H](Sc2ccccc2)CN1C(=O)CP(=O)(O)CCCCc1ccccc1.[Li+]. The molecule has 0 aromatic heterocycles. The summed E-state index contributed by atoms with van der Waals surface area (Å²) in [6.45, 7) is 0.227. The summed E-state index contributed by atoms with van der Waals surface area (Å²) in [5.74, 6) is -1.90. The largest absolute Gasteiger partial charge is 1.00 e. The Balaban J connectivity index is 0.00000363. The second-order valence-corrected chi connectivity index (χ2v) is 11.7. The van der Waals surface area contributed by atoms with E-state index < -0.39 is 31.4 Å². The second-order valence-electron chi connectivity index (χ2n) is 7.84. The Morgan fingerprint density at radius 2 is 1.69 bits per heavy atom. The molecule has 1 unspecified atom stereocenters. The molecule has 1 N–H and O–H groups in total. The van der Waals surface area contributed by atoms with Crippen molar-refractivity contribution in [3.05, 3.63) is 66.2 Å². The molecule has 1 amide bonds. The van der Waals surface area contributed by atoms with Gasteiger partial charge in [0.2, 0.25) is 13.3 Å². The number of nitrogens with zero attached hydrogens (tertiary/aromatic N) is 1. The van der Waals surface area contributed by atoms with Crippen LogP contribution in [0.4, 0.5) is 0 Å². The molecule has 32 heavy (non-hydrogen) atoms. The Morgan fingerprint density at radius 1 is 1.06 bits per heavy atom. The maximum atomic E-state index is 12.7. The number of carbonyl (C=O) groups is 2. The van der Waals surface area contributed by atoms with E-state index >= 15 is 0 Å². The number of hydrogen-bond acceptors (Lipinski definition) is 5. The van der Waals surface area contributed by atoms with Crippen LogP contribution in [-0.4, -0.2) is 51.8 Å². The maximum Gasteiger partial charge on any atom is 1.00 e. The van der Waals surface area contributed by atoms with Gasteiger partial charge in [-0.15, -0.1) is 11.8 Å². The summed E-state index contributed by atoms with van der Waals surface area (Å²) in [6.07, 6.45) is 1.89. The molecule has 1 saturated heterocycles. The number of aliphatic carboxylic acids is 1. The molecule has 166 valence electrons. The fourth-order valence-corrected chi connectivity index (χ4v) is 6.48. The van der Waals surface area contributed by atoms with Crippen molar-refractivity contribution >= 4 is 31.0 Å². The first-order valence-corrected chi connectivity index (χ1v) is 13.3. The van der Waals surface area contributed by atoms with Crippen LogP contribution in [0.15, 0.2) is 65.6 Å². The number of carbonyl (C=O) groups excluding carboxylic acids is 2. The van der Waals surface area contributed by atoms with Crippen LogP contribution in [0.25, 0.3) is 0 Å². The third kappa shape index (κ3) is 8.14. The Kier molecular flexibility index (Phi) is 10.6. The number of carboxylic acid groups (broad SMARTS) is 1. The van der Waals surface area contributed by atoms with E-state index in [1.807, 2.05) is 60.7 Å². The van der Waals surface area contributed by atoms with E-state index in [1.165, 1.54) is 22.2 Å². The molecule has 0 spiro atoms. The first kappa shape index (κ1) is 26.8. The first-order chi connectivity index (χ1) is 14.8. The number of benzene rings is 2. The quantitative estimate of drug-likeness (QED) is 0.295. The van der Waals surface area contributed by atoms with Gasteiger partial charge in [0.15, 0.2) is 0 Å². The van der Waals surface area contributed by atoms with Crippen LogP contribution in [0.1, 0.15) is 24.8 Å². The molecule has 1 heterocycles. The van der Waals surface area contributed by atoms with Gasteiger partial charge in [0.25, 0.3) is 0 Å². The minimum atomic E-state index is -3.68. The molecule has 1 aliphatic heterocycles. The van der Waals surface area contributed by atoms with Crippen molar-refractivity contribution in [1.82, 2.24) is 4.90 Å². The van der Waals surface area contributed by atoms with Crippen LogP contribution in [-0.2, 0) is 20.6 Å². The smallest absolute Gasteiger partial charge is 0.548 e. The van der Waals surface area contributed by atoms with E-state index in [-0.39, 0.29) is 43.2 Å². The van der Waals surface area contributed by atoms with Gasteiger partial charge in [-0.1, -0.05) is 48.5 Å². The molecule has 9 heteroatoms. The van der Waals surface area contributed by atoms with E-state index in [2.05, 4.69) is 0 Å². The minimum absolute atomic E-state index is 0.